The lowest BCUT2D eigenvalue weighted by Crippen LogP contribution is -2.44. The molecule has 5 nitrogen and oxygen atoms in total. The molecule has 1 saturated carbocycles. The molecule has 0 spiro atoms. The number of hydrogen-bond acceptors (Lipinski definition) is 4. The fourth-order valence-corrected chi connectivity index (χ4v) is 3.61. The average molecular weight is 355 g/mol. The van der Waals surface area contributed by atoms with E-state index in [0.717, 1.165) is 35.7 Å². The molecule has 1 N–H and O–H groups in total. The average Bonchev–Trinajstić information content (AvgIpc) is 2.67. The first kappa shape index (κ1) is 18.4. The lowest BCUT2D eigenvalue weighted by atomic mass is 9.85. The highest BCUT2D eigenvalue weighted by Gasteiger charge is 2.39. The fraction of sp³-hybridized carbons (Fsp3) is 0.429. The van der Waals surface area contributed by atoms with Crippen molar-refractivity contribution in [2.75, 3.05) is 18.1 Å². The SMILES string of the molecule is CCN(C(=O)COC(=O)C1(O)CCCCC1)c1cccc2ccccc12. The number of rotatable bonds is 5. The van der Waals surface area contributed by atoms with Crippen LogP contribution in [0.3, 0.4) is 0 Å². The molecule has 0 atom stereocenters. The van der Waals surface area contributed by atoms with Gasteiger partial charge in [-0.3, -0.25) is 4.79 Å². The van der Waals surface area contributed by atoms with Gasteiger partial charge >= 0.3 is 5.97 Å². The maximum Gasteiger partial charge on any atom is 0.338 e. The van der Waals surface area contributed by atoms with Crippen LogP contribution < -0.4 is 4.90 Å². The van der Waals surface area contributed by atoms with Crippen LogP contribution in [0.5, 0.6) is 0 Å². The Morgan fingerprint density at radius 2 is 1.77 bits per heavy atom. The maximum atomic E-state index is 12.7. The molecule has 1 aliphatic rings. The predicted octanol–water partition coefficient (Wildman–Crippen LogP) is 3.43. The van der Waals surface area contributed by atoms with E-state index in [2.05, 4.69) is 0 Å². The van der Waals surface area contributed by atoms with E-state index in [1.807, 2.05) is 49.4 Å². The molecule has 0 radical (unpaired) electrons. The Hall–Kier alpha value is -2.40. The molecule has 1 fully saturated rings. The highest BCUT2D eigenvalue weighted by molar-refractivity contribution is 6.04. The Balaban J connectivity index is 1.72. The molecule has 26 heavy (non-hydrogen) atoms. The molecule has 0 unspecified atom stereocenters. The van der Waals surface area contributed by atoms with Crippen LogP contribution in [0.2, 0.25) is 0 Å². The van der Waals surface area contributed by atoms with Crippen molar-refractivity contribution in [2.24, 2.45) is 0 Å². The molecular weight excluding hydrogens is 330 g/mol. The summed E-state index contributed by atoms with van der Waals surface area (Å²) >= 11 is 0. The van der Waals surface area contributed by atoms with Gasteiger partial charge in [0, 0.05) is 11.9 Å². The monoisotopic (exact) mass is 355 g/mol. The Labute approximate surface area is 153 Å². The summed E-state index contributed by atoms with van der Waals surface area (Å²) in [6.07, 6.45) is 3.42. The van der Waals surface area contributed by atoms with Gasteiger partial charge in [0.1, 0.15) is 0 Å². The molecule has 0 aliphatic heterocycles. The minimum Gasteiger partial charge on any atom is -0.453 e. The number of nitrogens with zero attached hydrogens (tertiary/aromatic N) is 1. The van der Waals surface area contributed by atoms with Crippen molar-refractivity contribution in [1.29, 1.82) is 0 Å². The quantitative estimate of drug-likeness (QED) is 0.835. The number of ether oxygens (including phenoxy) is 1. The van der Waals surface area contributed by atoms with Gasteiger partial charge in [0.05, 0.1) is 5.69 Å². The molecule has 1 amide bonds. The Morgan fingerprint density at radius 1 is 1.08 bits per heavy atom. The number of esters is 1. The van der Waals surface area contributed by atoms with Gasteiger partial charge in [0.25, 0.3) is 5.91 Å². The first-order valence-corrected chi connectivity index (χ1v) is 9.23. The number of aliphatic hydroxyl groups is 1. The van der Waals surface area contributed by atoms with E-state index in [1.165, 1.54) is 0 Å². The molecule has 0 saturated heterocycles. The standard InChI is InChI=1S/C21H25NO4/c1-2-22(18-12-8-10-16-9-4-5-11-17(16)18)19(23)15-26-20(24)21(25)13-6-3-7-14-21/h4-5,8-12,25H,2-3,6-7,13-15H2,1H3. The zero-order valence-corrected chi connectivity index (χ0v) is 15.1. The van der Waals surface area contributed by atoms with Crippen LogP contribution >= 0.6 is 0 Å². The third-order valence-electron chi connectivity index (χ3n) is 5.06. The Morgan fingerprint density at radius 3 is 2.50 bits per heavy atom. The van der Waals surface area contributed by atoms with E-state index in [9.17, 15) is 14.7 Å². The van der Waals surface area contributed by atoms with Crippen molar-refractivity contribution in [1.82, 2.24) is 0 Å². The molecule has 1 aliphatic carbocycles. The molecule has 2 aromatic carbocycles. The van der Waals surface area contributed by atoms with Gasteiger partial charge in [-0.15, -0.1) is 0 Å². The summed E-state index contributed by atoms with van der Waals surface area (Å²) in [6, 6.07) is 13.6. The number of hydrogen-bond donors (Lipinski definition) is 1. The van der Waals surface area contributed by atoms with Gasteiger partial charge in [-0.05, 0) is 44.1 Å². The second kappa shape index (κ2) is 7.87. The summed E-state index contributed by atoms with van der Waals surface area (Å²) in [5.41, 5.74) is -0.641. The van der Waals surface area contributed by atoms with Gasteiger partial charge in [-0.25, -0.2) is 4.79 Å². The van der Waals surface area contributed by atoms with E-state index in [-0.39, 0.29) is 12.5 Å². The zero-order chi connectivity index (χ0) is 18.6. The van der Waals surface area contributed by atoms with Gasteiger partial charge in [-0.1, -0.05) is 42.8 Å². The van der Waals surface area contributed by atoms with E-state index in [4.69, 9.17) is 4.74 Å². The zero-order valence-electron chi connectivity index (χ0n) is 15.1. The fourth-order valence-electron chi connectivity index (χ4n) is 3.61. The predicted molar refractivity (Wildman–Crippen MR) is 101 cm³/mol. The number of carbonyl (C=O) groups is 2. The molecule has 5 heteroatoms. The Bertz CT molecular complexity index is 790. The number of amides is 1. The molecule has 138 valence electrons. The van der Waals surface area contributed by atoms with Crippen molar-refractivity contribution in [3.05, 3.63) is 42.5 Å². The van der Waals surface area contributed by atoms with Crippen molar-refractivity contribution >= 4 is 28.3 Å². The van der Waals surface area contributed by atoms with Crippen LogP contribution in [-0.2, 0) is 14.3 Å². The van der Waals surface area contributed by atoms with E-state index < -0.39 is 11.6 Å². The number of benzene rings is 2. The molecule has 0 bridgehead atoms. The van der Waals surface area contributed by atoms with Crippen molar-refractivity contribution in [3.63, 3.8) is 0 Å². The lowest BCUT2D eigenvalue weighted by Gasteiger charge is -2.30. The lowest BCUT2D eigenvalue weighted by molar-refractivity contribution is -0.170. The summed E-state index contributed by atoms with van der Waals surface area (Å²) in [7, 11) is 0. The maximum absolute atomic E-state index is 12.7. The largest absolute Gasteiger partial charge is 0.453 e. The van der Waals surface area contributed by atoms with Crippen molar-refractivity contribution in [3.8, 4) is 0 Å². The summed E-state index contributed by atoms with van der Waals surface area (Å²) < 4.78 is 5.18. The van der Waals surface area contributed by atoms with Gasteiger partial charge in [0.15, 0.2) is 12.2 Å². The number of likely N-dealkylation sites (N-methyl/N-ethyl adjacent to an activating group) is 1. The van der Waals surface area contributed by atoms with E-state index >= 15 is 0 Å². The van der Waals surface area contributed by atoms with Crippen molar-refractivity contribution < 1.29 is 19.4 Å². The molecule has 3 rings (SSSR count). The van der Waals surface area contributed by atoms with E-state index in [0.29, 0.717) is 19.4 Å². The van der Waals surface area contributed by atoms with Gasteiger partial charge in [0.2, 0.25) is 0 Å². The molecule has 0 heterocycles. The third kappa shape index (κ3) is 3.73. The van der Waals surface area contributed by atoms with Crippen LogP contribution in [0.1, 0.15) is 39.0 Å². The summed E-state index contributed by atoms with van der Waals surface area (Å²) in [5.74, 6) is -0.976. The van der Waals surface area contributed by atoms with Crippen LogP contribution in [0, 0.1) is 0 Å². The first-order chi connectivity index (χ1) is 12.5. The van der Waals surface area contributed by atoms with Crippen LogP contribution in [0.25, 0.3) is 10.8 Å². The minimum atomic E-state index is -1.44. The summed E-state index contributed by atoms with van der Waals surface area (Å²) in [4.78, 5) is 26.5. The molecular formula is C21H25NO4. The number of carbonyl (C=O) groups excluding carboxylic acids is 2. The van der Waals surface area contributed by atoms with Crippen LogP contribution in [-0.4, -0.2) is 35.7 Å². The summed E-state index contributed by atoms with van der Waals surface area (Å²) in [5, 5.41) is 12.4. The smallest absolute Gasteiger partial charge is 0.338 e. The number of anilines is 1. The van der Waals surface area contributed by atoms with Gasteiger partial charge in [-0.2, -0.15) is 0 Å². The molecule has 2 aromatic rings. The molecule has 0 aromatic heterocycles. The normalized spacial score (nSPS) is 16.2. The topological polar surface area (TPSA) is 66.8 Å². The van der Waals surface area contributed by atoms with E-state index in [1.54, 1.807) is 4.90 Å². The second-order valence-electron chi connectivity index (χ2n) is 6.80. The second-order valence-corrected chi connectivity index (χ2v) is 6.80. The van der Waals surface area contributed by atoms with Crippen LogP contribution in [0.4, 0.5) is 5.69 Å². The highest BCUT2D eigenvalue weighted by atomic mass is 16.6. The van der Waals surface area contributed by atoms with Crippen molar-refractivity contribution in [2.45, 2.75) is 44.6 Å². The highest BCUT2D eigenvalue weighted by Crippen LogP contribution is 2.30. The van der Waals surface area contributed by atoms with Crippen LogP contribution in [0.15, 0.2) is 42.5 Å². The first-order valence-electron chi connectivity index (χ1n) is 9.23. The minimum absolute atomic E-state index is 0.295. The Kier molecular flexibility index (Phi) is 5.57. The number of fused-ring (bicyclic) bond motifs is 1. The third-order valence-corrected chi connectivity index (χ3v) is 5.06. The van der Waals surface area contributed by atoms with Gasteiger partial charge < -0.3 is 14.7 Å². The summed E-state index contributed by atoms with van der Waals surface area (Å²) in [6.45, 7) is 1.99.